The van der Waals surface area contributed by atoms with Gasteiger partial charge in [0.15, 0.2) is 5.82 Å². The number of aromatic nitrogens is 4. The fourth-order valence-corrected chi connectivity index (χ4v) is 3.74. The number of benzene rings is 1. The molecule has 0 aliphatic carbocycles. The Morgan fingerprint density at radius 1 is 1.11 bits per heavy atom. The van der Waals surface area contributed by atoms with Gasteiger partial charge in [-0.3, -0.25) is 0 Å². The zero-order chi connectivity index (χ0) is 18.8. The quantitative estimate of drug-likeness (QED) is 0.426. The number of nitrogen functional groups attached to an aromatic ring is 1. The van der Waals surface area contributed by atoms with Crippen molar-refractivity contribution in [2.75, 3.05) is 5.84 Å². The molecular formula is C19H15FN6S. The Labute approximate surface area is 159 Å². The fourth-order valence-electron chi connectivity index (χ4n) is 2.90. The van der Waals surface area contributed by atoms with Gasteiger partial charge in [-0.25, -0.2) is 9.07 Å². The summed E-state index contributed by atoms with van der Waals surface area (Å²) in [6, 6.07) is 14.5. The van der Waals surface area contributed by atoms with E-state index in [-0.39, 0.29) is 12.2 Å². The number of thioether (sulfide) groups is 1. The number of fused-ring (bicyclic) bond motifs is 1. The van der Waals surface area contributed by atoms with E-state index in [1.807, 2.05) is 35.0 Å². The molecule has 0 amide bonds. The van der Waals surface area contributed by atoms with Crippen LogP contribution in [-0.2, 0) is 12.2 Å². The molecule has 0 spiro atoms. The molecule has 27 heavy (non-hydrogen) atoms. The van der Waals surface area contributed by atoms with Crippen molar-refractivity contribution >= 4 is 17.3 Å². The summed E-state index contributed by atoms with van der Waals surface area (Å²) in [4.78, 5) is 0. The third-order valence-electron chi connectivity index (χ3n) is 4.27. The molecule has 0 unspecified atom stereocenters. The Morgan fingerprint density at radius 3 is 2.74 bits per heavy atom. The second kappa shape index (κ2) is 7.13. The average molecular weight is 378 g/mol. The minimum atomic E-state index is -0.297. The molecule has 0 aliphatic heterocycles. The van der Waals surface area contributed by atoms with Gasteiger partial charge in [0.1, 0.15) is 11.9 Å². The lowest BCUT2D eigenvalue weighted by molar-refractivity contribution is 0.610. The number of pyridine rings is 1. The first kappa shape index (κ1) is 17.1. The number of nitrogens with zero attached hydrogens (tertiary/aromatic N) is 5. The average Bonchev–Trinajstić information content (AvgIpc) is 3.22. The van der Waals surface area contributed by atoms with Gasteiger partial charge in [0.05, 0.1) is 11.1 Å². The Kier molecular flexibility index (Phi) is 4.52. The molecule has 0 atom stereocenters. The van der Waals surface area contributed by atoms with Gasteiger partial charge in [-0.1, -0.05) is 36.0 Å². The van der Waals surface area contributed by atoms with Crippen LogP contribution in [0, 0.1) is 17.1 Å². The Bertz CT molecular complexity index is 1160. The maximum absolute atomic E-state index is 13.8. The lowest BCUT2D eigenvalue weighted by Gasteiger charge is -2.04. The van der Waals surface area contributed by atoms with Gasteiger partial charge < -0.3 is 10.2 Å². The predicted molar refractivity (Wildman–Crippen MR) is 101 cm³/mol. The zero-order valence-electron chi connectivity index (χ0n) is 14.2. The summed E-state index contributed by atoms with van der Waals surface area (Å²) in [7, 11) is 0. The third-order valence-corrected chi connectivity index (χ3v) is 5.26. The van der Waals surface area contributed by atoms with Gasteiger partial charge in [0, 0.05) is 24.6 Å². The van der Waals surface area contributed by atoms with Crippen LogP contribution in [0.1, 0.15) is 22.5 Å². The highest BCUT2D eigenvalue weighted by atomic mass is 32.2. The van der Waals surface area contributed by atoms with Gasteiger partial charge in [-0.2, -0.15) is 5.26 Å². The third kappa shape index (κ3) is 3.25. The minimum absolute atomic E-state index is 0.260. The maximum Gasteiger partial charge on any atom is 0.210 e. The molecule has 1 aromatic carbocycles. The lowest BCUT2D eigenvalue weighted by Crippen LogP contribution is -2.14. The van der Waals surface area contributed by atoms with Gasteiger partial charge in [0.25, 0.3) is 0 Å². The summed E-state index contributed by atoms with van der Waals surface area (Å²) in [5.41, 5.74) is 2.91. The van der Waals surface area contributed by atoms with Crippen LogP contribution in [0.2, 0.25) is 0 Å². The Hall–Kier alpha value is -3.31. The summed E-state index contributed by atoms with van der Waals surface area (Å²) >= 11 is 1.39. The number of nitrogens with two attached hydrogens (primary N) is 1. The number of hydrogen-bond donors (Lipinski definition) is 1. The molecule has 8 heteroatoms. The van der Waals surface area contributed by atoms with Gasteiger partial charge >= 0.3 is 0 Å². The first-order chi connectivity index (χ1) is 13.2. The normalized spacial score (nSPS) is 11.0. The molecule has 0 radical (unpaired) electrons. The molecule has 6 nitrogen and oxygen atoms in total. The van der Waals surface area contributed by atoms with E-state index in [0.717, 1.165) is 11.1 Å². The van der Waals surface area contributed by atoms with Crippen molar-refractivity contribution in [1.29, 1.82) is 5.26 Å². The highest BCUT2D eigenvalue weighted by Crippen LogP contribution is 2.26. The maximum atomic E-state index is 13.8. The molecule has 3 heterocycles. The Balaban J connectivity index is 1.54. The van der Waals surface area contributed by atoms with Crippen LogP contribution >= 0.6 is 11.8 Å². The van der Waals surface area contributed by atoms with Crippen LogP contribution in [0.4, 0.5) is 4.39 Å². The van der Waals surface area contributed by atoms with Gasteiger partial charge in [-0.05, 0) is 29.3 Å². The van der Waals surface area contributed by atoms with E-state index in [0.29, 0.717) is 27.9 Å². The van der Waals surface area contributed by atoms with Crippen molar-refractivity contribution < 1.29 is 4.39 Å². The summed E-state index contributed by atoms with van der Waals surface area (Å²) < 4.78 is 17.1. The second-order valence-electron chi connectivity index (χ2n) is 5.96. The first-order valence-electron chi connectivity index (χ1n) is 8.21. The fraction of sp³-hybridized carbons (Fsp3) is 0.105. The van der Waals surface area contributed by atoms with Crippen molar-refractivity contribution in [3.8, 4) is 6.07 Å². The van der Waals surface area contributed by atoms with Crippen molar-refractivity contribution in [3.63, 3.8) is 0 Å². The van der Waals surface area contributed by atoms with Gasteiger partial charge in [-0.15, -0.1) is 10.2 Å². The van der Waals surface area contributed by atoms with Crippen LogP contribution in [0.15, 0.2) is 60.0 Å². The monoisotopic (exact) mass is 378 g/mol. The van der Waals surface area contributed by atoms with E-state index in [1.165, 1.54) is 22.5 Å². The van der Waals surface area contributed by atoms with Crippen LogP contribution in [0.5, 0.6) is 0 Å². The number of halogens is 1. The zero-order valence-corrected chi connectivity index (χ0v) is 15.0. The summed E-state index contributed by atoms with van der Waals surface area (Å²) in [6.07, 6.45) is 4.09. The standard InChI is InChI=1S/C19H15FN6S/c20-16-6-2-1-5-13(16)9-18-23-24-19(26(18)22)27-12-14-11-25-8-4-3-7-17(25)15(14)10-21/h1-8,11H,9,12,22H2. The van der Waals surface area contributed by atoms with E-state index in [4.69, 9.17) is 5.84 Å². The van der Waals surface area contributed by atoms with Gasteiger partial charge in [0.2, 0.25) is 5.16 Å². The van der Waals surface area contributed by atoms with Crippen LogP contribution < -0.4 is 5.84 Å². The smallest absolute Gasteiger partial charge is 0.210 e. The van der Waals surface area contributed by atoms with Crippen LogP contribution in [0.25, 0.3) is 5.52 Å². The number of hydrogen-bond acceptors (Lipinski definition) is 5. The molecular weight excluding hydrogens is 363 g/mol. The van der Waals surface area contributed by atoms with E-state index < -0.39 is 0 Å². The van der Waals surface area contributed by atoms with E-state index >= 15 is 0 Å². The molecule has 4 rings (SSSR count). The van der Waals surface area contributed by atoms with E-state index in [2.05, 4.69) is 16.3 Å². The highest BCUT2D eigenvalue weighted by Gasteiger charge is 2.15. The molecule has 0 aliphatic rings. The molecule has 0 saturated heterocycles. The van der Waals surface area contributed by atoms with E-state index in [9.17, 15) is 9.65 Å². The van der Waals surface area contributed by atoms with Crippen molar-refractivity contribution in [2.45, 2.75) is 17.3 Å². The molecule has 2 N–H and O–H groups in total. The second-order valence-corrected chi connectivity index (χ2v) is 6.90. The molecule has 0 fully saturated rings. The summed E-state index contributed by atoms with van der Waals surface area (Å²) in [6.45, 7) is 0. The Morgan fingerprint density at radius 2 is 1.93 bits per heavy atom. The molecule has 4 aromatic rings. The first-order valence-corrected chi connectivity index (χ1v) is 9.20. The topological polar surface area (TPSA) is 84.9 Å². The van der Waals surface area contributed by atoms with Crippen molar-refractivity contribution in [3.05, 3.63) is 83.2 Å². The predicted octanol–water partition coefficient (Wildman–Crippen LogP) is 3.14. The van der Waals surface area contributed by atoms with Crippen LogP contribution in [-0.4, -0.2) is 19.3 Å². The SMILES string of the molecule is N#Cc1c(CSc2nnc(Cc3ccccc3F)n2N)cn2ccccc12. The number of nitriles is 1. The number of rotatable bonds is 5. The molecule has 3 aromatic heterocycles. The lowest BCUT2D eigenvalue weighted by atomic mass is 10.1. The van der Waals surface area contributed by atoms with Crippen molar-refractivity contribution in [1.82, 2.24) is 19.3 Å². The summed E-state index contributed by atoms with van der Waals surface area (Å²) in [5, 5.41) is 18.2. The molecule has 134 valence electrons. The largest absolute Gasteiger partial charge is 0.336 e. The van der Waals surface area contributed by atoms with E-state index in [1.54, 1.807) is 18.2 Å². The van der Waals surface area contributed by atoms with Crippen LogP contribution in [0.3, 0.4) is 0 Å². The van der Waals surface area contributed by atoms with Crippen molar-refractivity contribution in [2.24, 2.45) is 0 Å². The highest BCUT2D eigenvalue weighted by molar-refractivity contribution is 7.98. The molecule has 0 saturated carbocycles. The summed E-state index contributed by atoms with van der Waals surface area (Å²) in [5.74, 6) is 6.80. The minimum Gasteiger partial charge on any atom is -0.336 e. The molecule has 0 bridgehead atoms.